The van der Waals surface area contributed by atoms with E-state index in [0.29, 0.717) is 25.9 Å². The molecule has 1 amide bonds. The molecule has 7 heteroatoms. The molecule has 2 heterocycles. The summed E-state index contributed by atoms with van der Waals surface area (Å²) in [5.74, 6) is 0. The van der Waals surface area contributed by atoms with Crippen molar-refractivity contribution < 1.29 is 19.4 Å². The highest BCUT2D eigenvalue weighted by Crippen LogP contribution is 2.42. The topological polar surface area (TPSA) is 81.0 Å². The number of aliphatic hydroxyl groups is 1. The largest absolute Gasteiger partial charge is 0.438 e. The lowest BCUT2D eigenvalue weighted by molar-refractivity contribution is -0.101. The minimum Gasteiger partial charge on any atom is -0.438 e. The van der Waals surface area contributed by atoms with Crippen molar-refractivity contribution in [3.63, 3.8) is 0 Å². The number of carbonyl (C=O) groups excluding carboxylic acids is 1. The molecule has 0 spiro atoms. The fourth-order valence-electron chi connectivity index (χ4n) is 5.32. The third kappa shape index (κ3) is 6.60. The molecule has 7 nitrogen and oxygen atoms in total. The predicted molar refractivity (Wildman–Crippen MR) is 152 cm³/mol. The number of ether oxygens (including phenoxy) is 2. The molecular weight excluding hydrogens is 492 g/mol. The Kier molecular flexibility index (Phi) is 8.05. The van der Waals surface area contributed by atoms with Crippen LogP contribution in [0.25, 0.3) is 11.1 Å². The first-order valence-corrected chi connectivity index (χ1v) is 13.5. The lowest BCUT2D eigenvalue weighted by Gasteiger charge is -2.45. The van der Waals surface area contributed by atoms with Crippen molar-refractivity contribution in [3.8, 4) is 11.1 Å². The van der Waals surface area contributed by atoms with Gasteiger partial charge in [-0.05, 0) is 62.9 Å². The van der Waals surface area contributed by atoms with E-state index in [2.05, 4.69) is 0 Å². The molecule has 1 aliphatic heterocycles. The van der Waals surface area contributed by atoms with Gasteiger partial charge < -0.3 is 24.0 Å². The van der Waals surface area contributed by atoms with Gasteiger partial charge >= 0.3 is 6.09 Å². The maximum Gasteiger partial charge on any atom is 0.411 e. The Morgan fingerprint density at radius 2 is 1.67 bits per heavy atom. The van der Waals surface area contributed by atoms with Crippen molar-refractivity contribution in [1.82, 2.24) is 9.47 Å². The number of cyclic esters (lactones) is 1. The highest BCUT2D eigenvalue weighted by Gasteiger charge is 2.46. The van der Waals surface area contributed by atoms with Crippen LogP contribution in [0.1, 0.15) is 64.6 Å². The monoisotopic (exact) mass is 532 g/mol. The Balaban J connectivity index is 1.50. The number of methoxy groups -OCH3 is 1. The molecule has 1 saturated heterocycles. The van der Waals surface area contributed by atoms with Gasteiger partial charge in [0.1, 0.15) is 5.60 Å². The molecular formula is C32H40N2O5. The van der Waals surface area contributed by atoms with Crippen LogP contribution in [0.5, 0.6) is 0 Å². The Morgan fingerprint density at radius 1 is 1.00 bits per heavy atom. The van der Waals surface area contributed by atoms with Crippen molar-refractivity contribution >= 4 is 6.09 Å². The quantitative estimate of drug-likeness (QED) is 0.371. The van der Waals surface area contributed by atoms with E-state index in [-0.39, 0.29) is 11.6 Å². The van der Waals surface area contributed by atoms with E-state index in [4.69, 9.17) is 9.47 Å². The molecule has 0 bridgehead atoms. The van der Waals surface area contributed by atoms with Gasteiger partial charge in [0.15, 0.2) is 0 Å². The Hall–Kier alpha value is -3.42. The number of hydrogen-bond donors (Lipinski definition) is 1. The van der Waals surface area contributed by atoms with Crippen molar-refractivity contribution in [1.29, 1.82) is 0 Å². The number of benzene rings is 2. The van der Waals surface area contributed by atoms with E-state index in [9.17, 15) is 14.7 Å². The van der Waals surface area contributed by atoms with Crippen molar-refractivity contribution in [2.75, 3.05) is 13.7 Å². The molecule has 2 aromatic carbocycles. The van der Waals surface area contributed by atoms with Crippen LogP contribution in [0.15, 0.2) is 77.7 Å². The molecule has 3 aromatic rings. The second kappa shape index (κ2) is 11.0. The third-order valence-electron chi connectivity index (χ3n) is 7.59. The van der Waals surface area contributed by atoms with E-state index < -0.39 is 22.9 Å². The van der Waals surface area contributed by atoms with E-state index in [0.717, 1.165) is 22.3 Å². The normalized spacial score (nSPS) is 19.1. The van der Waals surface area contributed by atoms with Crippen LogP contribution in [0.2, 0.25) is 0 Å². The van der Waals surface area contributed by atoms with Crippen LogP contribution in [-0.4, -0.2) is 45.5 Å². The second-order valence-corrected chi connectivity index (χ2v) is 11.8. The zero-order valence-corrected chi connectivity index (χ0v) is 23.8. The molecule has 1 unspecified atom stereocenters. The average molecular weight is 533 g/mol. The van der Waals surface area contributed by atoms with Crippen molar-refractivity contribution in [2.45, 2.75) is 76.9 Å². The second-order valence-electron chi connectivity index (χ2n) is 11.8. The maximum absolute atomic E-state index is 13.3. The predicted octanol–water partition coefficient (Wildman–Crippen LogP) is 5.90. The molecule has 1 N–H and O–H groups in total. The summed E-state index contributed by atoms with van der Waals surface area (Å²) in [6.07, 6.45) is 2.29. The lowest BCUT2D eigenvalue weighted by Crippen LogP contribution is -2.51. The molecule has 1 fully saturated rings. The summed E-state index contributed by atoms with van der Waals surface area (Å²) in [7, 11) is 1.64. The summed E-state index contributed by atoms with van der Waals surface area (Å²) in [6.45, 7) is 10.3. The molecule has 1 aliphatic rings. The smallest absolute Gasteiger partial charge is 0.411 e. The van der Waals surface area contributed by atoms with Crippen LogP contribution in [0.4, 0.5) is 4.79 Å². The SMILES string of the molecule is COC(C)(C)Cn1ccc(-c2ccc([C@H](C)N3CCC(CC(C)(C)O)(c4ccccc4)OC3=O)cc2)cc1=O. The number of rotatable bonds is 9. The van der Waals surface area contributed by atoms with Crippen molar-refractivity contribution in [2.24, 2.45) is 0 Å². The highest BCUT2D eigenvalue weighted by molar-refractivity contribution is 5.70. The van der Waals surface area contributed by atoms with Crippen molar-refractivity contribution in [3.05, 3.63) is 94.4 Å². The molecule has 2 atom stereocenters. The lowest BCUT2D eigenvalue weighted by atomic mass is 9.80. The molecule has 1 aromatic heterocycles. The Labute approximate surface area is 231 Å². The van der Waals surface area contributed by atoms with Gasteiger partial charge in [0.2, 0.25) is 0 Å². The first kappa shape index (κ1) is 28.6. The summed E-state index contributed by atoms with van der Waals surface area (Å²) >= 11 is 0. The van der Waals surface area contributed by atoms with Crippen LogP contribution in [-0.2, 0) is 21.6 Å². The minimum absolute atomic E-state index is 0.0842. The van der Waals surface area contributed by atoms with Gasteiger partial charge in [-0.2, -0.15) is 0 Å². The summed E-state index contributed by atoms with van der Waals surface area (Å²) in [5, 5.41) is 10.6. The Morgan fingerprint density at radius 3 is 2.23 bits per heavy atom. The van der Waals surface area contributed by atoms with E-state index in [1.54, 1.807) is 42.7 Å². The van der Waals surface area contributed by atoms with Gasteiger partial charge in [0.05, 0.1) is 23.8 Å². The van der Waals surface area contributed by atoms with Gasteiger partial charge in [0, 0.05) is 38.8 Å². The first-order chi connectivity index (χ1) is 18.3. The van der Waals surface area contributed by atoms with Gasteiger partial charge in [0.25, 0.3) is 5.56 Å². The zero-order valence-electron chi connectivity index (χ0n) is 23.8. The summed E-state index contributed by atoms with van der Waals surface area (Å²) in [4.78, 5) is 27.8. The van der Waals surface area contributed by atoms with E-state index in [1.165, 1.54) is 0 Å². The van der Waals surface area contributed by atoms with Gasteiger partial charge in [-0.25, -0.2) is 4.79 Å². The first-order valence-electron chi connectivity index (χ1n) is 13.5. The maximum atomic E-state index is 13.3. The number of aromatic nitrogens is 1. The standard InChI is InChI=1S/C32H40N2O5/c1-23(34-19-17-32(39-29(34)36,21-30(2,3)37)27-10-8-7-9-11-27)24-12-14-25(15-13-24)26-16-18-33(28(35)20-26)22-31(4,5)38-6/h7-16,18,20,23,37H,17,19,21-22H2,1-6H3/t23-,32?/m0/s1. The summed E-state index contributed by atoms with van der Waals surface area (Å²) < 4.78 is 13.2. The molecule has 39 heavy (non-hydrogen) atoms. The molecule has 4 rings (SSSR count). The molecule has 208 valence electrons. The fourth-order valence-corrected chi connectivity index (χ4v) is 5.32. The van der Waals surface area contributed by atoms with Gasteiger partial charge in [-0.15, -0.1) is 0 Å². The minimum atomic E-state index is -1.000. The van der Waals surface area contributed by atoms with Crippen LogP contribution in [0.3, 0.4) is 0 Å². The van der Waals surface area contributed by atoms with E-state index in [1.807, 2.05) is 81.4 Å². The van der Waals surface area contributed by atoms with Crippen LogP contribution < -0.4 is 5.56 Å². The summed E-state index contributed by atoms with van der Waals surface area (Å²) in [5.41, 5.74) is 1.23. The number of carbonyl (C=O) groups is 1. The fraction of sp³-hybridized carbons (Fsp3) is 0.438. The van der Waals surface area contributed by atoms with E-state index >= 15 is 0 Å². The van der Waals surface area contributed by atoms with Crippen LogP contribution in [0, 0.1) is 0 Å². The Bertz CT molecular complexity index is 1340. The number of hydrogen-bond acceptors (Lipinski definition) is 5. The molecule has 0 radical (unpaired) electrons. The number of amides is 1. The number of nitrogens with zero attached hydrogens (tertiary/aromatic N) is 2. The van der Waals surface area contributed by atoms with Gasteiger partial charge in [-0.1, -0.05) is 54.6 Å². The zero-order chi connectivity index (χ0) is 28.4. The summed E-state index contributed by atoms with van der Waals surface area (Å²) in [6, 6.07) is 21.0. The molecule has 0 aliphatic carbocycles. The molecule has 0 saturated carbocycles. The highest BCUT2D eigenvalue weighted by atomic mass is 16.6. The third-order valence-corrected chi connectivity index (χ3v) is 7.59. The van der Waals surface area contributed by atoms with Gasteiger partial charge in [-0.3, -0.25) is 4.79 Å². The number of pyridine rings is 1. The van der Waals surface area contributed by atoms with Crippen LogP contribution >= 0.6 is 0 Å². The average Bonchev–Trinajstić information content (AvgIpc) is 2.89.